The van der Waals surface area contributed by atoms with Crippen LogP contribution >= 0.6 is 0 Å². The minimum atomic E-state index is -0.511. The maximum absolute atomic E-state index is 13.0. The zero-order valence-corrected chi connectivity index (χ0v) is 14.5. The first-order valence-corrected chi connectivity index (χ1v) is 9.34. The molecule has 0 unspecified atom stereocenters. The lowest BCUT2D eigenvalue weighted by molar-refractivity contribution is 0.288. The zero-order valence-electron chi connectivity index (χ0n) is 14.5. The average molecular weight is 344 g/mol. The molecule has 2 fully saturated rings. The fourth-order valence-corrected chi connectivity index (χ4v) is 4.22. The van der Waals surface area contributed by atoms with E-state index in [9.17, 15) is 14.4 Å². The highest BCUT2D eigenvalue weighted by atomic mass is 16.4. The molecule has 0 aromatic carbocycles. The maximum Gasteiger partial charge on any atom is 0.337 e. The molecule has 0 bridgehead atoms. The molecule has 0 atom stereocenters. The molecule has 6 heteroatoms. The Morgan fingerprint density at radius 2 is 1.84 bits per heavy atom. The Bertz CT molecular complexity index is 956. The van der Waals surface area contributed by atoms with Gasteiger partial charge >= 0.3 is 11.3 Å². The lowest BCUT2D eigenvalue weighted by Crippen LogP contribution is -2.41. The molecule has 2 aromatic heterocycles. The van der Waals surface area contributed by atoms with Crippen LogP contribution in [0.5, 0.6) is 0 Å². The largest absolute Gasteiger partial charge is 0.405 e. The summed E-state index contributed by atoms with van der Waals surface area (Å²) in [6.07, 6.45) is 8.03. The van der Waals surface area contributed by atoms with Crippen molar-refractivity contribution in [2.24, 2.45) is 11.8 Å². The number of aromatic amines is 1. The van der Waals surface area contributed by atoms with Gasteiger partial charge < -0.3 is 4.42 Å². The second-order valence-electron chi connectivity index (χ2n) is 7.81. The highest BCUT2D eigenvalue weighted by Crippen LogP contribution is 2.32. The van der Waals surface area contributed by atoms with Gasteiger partial charge in [-0.05, 0) is 55.9 Å². The molecule has 2 aliphatic rings. The molecule has 2 aliphatic carbocycles. The standard InChI is InChI=1S/C19H24N2O4/c1-11-5-7-12(8-6-11)9-13-10-15(22)25-17-16(13)18(23)21(19(24)20-17)14-3-2-4-14/h10-12,14H,2-9H2,1H3,(H,20,24). The number of fused-ring (bicyclic) bond motifs is 1. The molecular weight excluding hydrogens is 320 g/mol. The van der Waals surface area contributed by atoms with Crippen molar-refractivity contribution in [1.82, 2.24) is 9.55 Å². The zero-order chi connectivity index (χ0) is 17.6. The topological polar surface area (TPSA) is 85.1 Å². The van der Waals surface area contributed by atoms with E-state index in [-0.39, 0.29) is 17.3 Å². The van der Waals surface area contributed by atoms with Crippen molar-refractivity contribution in [2.45, 2.75) is 64.3 Å². The van der Waals surface area contributed by atoms with Crippen molar-refractivity contribution >= 4 is 11.1 Å². The molecule has 6 nitrogen and oxygen atoms in total. The number of nitrogens with zero attached hydrogens (tertiary/aromatic N) is 1. The lowest BCUT2D eigenvalue weighted by Gasteiger charge is -2.27. The van der Waals surface area contributed by atoms with Crippen molar-refractivity contribution < 1.29 is 4.42 Å². The van der Waals surface area contributed by atoms with Gasteiger partial charge in [-0.2, -0.15) is 0 Å². The van der Waals surface area contributed by atoms with Crippen molar-refractivity contribution in [1.29, 1.82) is 0 Å². The van der Waals surface area contributed by atoms with E-state index in [4.69, 9.17) is 4.42 Å². The monoisotopic (exact) mass is 344 g/mol. The van der Waals surface area contributed by atoms with E-state index in [1.54, 1.807) is 0 Å². The summed E-state index contributed by atoms with van der Waals surface area (Å²) >= 11 is 0. The SMILES string of the molecule is CC1CCC(Cc2cc(=O)oc3[nH]c(=O)n(C4CCC4)c(=O)c23)CC1. The van der Waals surface area contributed by atoms with E-state index in [1.165, 1.54) is 23.5 Å². The van der Waals surface area contributed by atoms with E-state index in [1.807, 2.05) is 0 Å². The summed E-state index contributed by atoms with van der Waals surface area (Å²) in [5.74, 6) is 1.23. The minimum absolute atomic E-state index is 0.0252. The van der Waals surface area contributed by atoms with Gasteiger partial charge in [-0.15, -0.1) is 0 Å². The van der Waals surface area contributed by atoms with Gasteiger partial charge in [0.15, 0.2) is 0 Å². The van der Waals surface area contributed by atoms with E-state index in [0.29, 0.717) is 17.7 Å². The maximum atomic E-state index is 13.0. The molecule has 2 heterocycles. The Balaban J connectivity index is 1.81. The predicted molar refractivity (Wildman–Crippen MR) is 95.1 cm³/mol. The summed E-state index contributed by atoms with van der Waals surface area (Å²) in [5, 5.41) is 0.379. The minimum Gasteiger partial charge on any atom is -0.405 e. The van der Waals surface area contributed by atoms with E-state index in [2.05, 4.69) is 11.9 Å². The summed E-state index contributed by atoms with van der Waals surface area (Å²) in [6.45, 7) is 2.27. The summed E-state index contributed by atoms with van der Waals surface area (Å²) in [5.41, 5.74) is -0.555. The first kappa shape index (κ1) is 16.4. The number of rotatable bonds is 3. The number of hydrogen-bond acceptors (Lipinski definition) is 4. The quantitative estimate of drug-likeness (QED) is 0.928. The third-order valence-electron chi connectivity index (χ3n) is 6.00. The third-order valence-corrected chi connectivity index (χ3v) is 6.00. The summed E-state index contributed by atoms with van der Waals surface area (Å²) in [4.78, 5) is 39.8. The van der Waals surface area contributed by atoms with Gasteiger partial charge in [-0.3, -0.25) is 14.3 Å². The van der Waals surface area contributed by atoms with Crippen molar-refractivity contribution in [3.8, 4) is 0 Å². The van der Waals surface area contributed by atoms with Crippen LogP contribution in [0.15, 0.2) is 24.9 Å². The van der Waals surface area contributed by atoms with Crippen LogP contribution in [0.3, 0.4) is 0 Å². The Morgan fingerprint density at radius 1 is 1.12 bits per heavy atom. The Morgan fingerprint density at radius 3 is 2.48 bits per heavy atom. The van der Waals surface area contributed by atoms with Gasteiger partial charge in [0.1, 0.15) is 5.39 Å². The van der Waals surface area contributed by atoms with E-state index in [0.717, 1.165) is 43.6 Å². The number of hydrogen-bond donors (Lipinski definition) is 1. The van der Waals surface area contributed by atoms with Crippen LogP contribution in [0.25, 0.3) is 11.1 Å². The number of nitrogens with one attached hydrogen (secondary N) is 1. The second kappa shape index (κ2) is 6.32. The van der Waals surface area contributed by atoms with Crippen LogP contribution in [0.4, 0.5) is 0 Å². The van der Waals surface area contributed by atoms with Crippen molar-refractivity contribution in [3.63, 3.8) is 0 Å². The Hall–Kier alpha value is -2.11. The van der Waals surface area contributed by atoms with Crippen LogP contribution in [-0.2, 0) is 6.42 Å². The molecule has 4 rings (SSSR count). The fourth-order valence-electron chi connectivity index (χ4n) is 4.22. The molecule has 0 aliphatic heterocycles. The third kappa shape index (κ3) is 2.98. The number of H-pyrrole nitrogens is 1. The molecule has 0 spiro atoms. The molecule has 25 heavy (non-hydrogen) atoms. The van der Waals surface area contributed by atoms with Gasteiger partial charge in [-0.1, -0.05) is 19.8 Å². The Kier molecular flexibility index (Phi) is 4.13. The molecule has 0 saturated heterocycles. The van der Waals surface area contributed by atoms with Gasteiger partial charge in [0.05, 0.1) is 0 Å². The first-order chi connectivity index (χ1) is 12.0. The lowest BCUT2D eigenvalue weighted by atomic mass is 9.80. The van der Waals surface area contributed by atoms with Gasteiger partial charge in [0.25, 0.3) is 5.56 Å². The Labute approximate surface area is 144 Å². The normalized spacial score (nSPS) is 24.4. The van der Waals surface area contributed by atoms with Gasteiger partial charge in [0, 0.05) is 12.1 Å². The van der Waals surface area contributed by atoms with Gasteiger partial charge in [-0.25, -0.2) is 9.59 Å². The summed E-state index contributed by atoms with van der Waals surface area (Å²) < 4.78 is 6.45. The van der Waals surface area contributed by atoms with Crippen LogP contribution in [0.1, 0.15) is 63.5 Å². The molecule has 0 radical (unpaired) electrons. The molecule has 0 amide bonds. The average Bonchev–Trinajstić information content (AvgIpc) is 2.51. The molecule has 2 aromatic rings. The second-order valence-corrected chi connectivity index (χ2v) is 7.81. The smallest absolute Gasteiger partial charge is 0.337 e. The highest BCUT2D eigenvalue weighted by molar-refractivity contribution is 5.75. The van der Waals surface area contributed by atoms with Crippen LogP contribution in [-0.4, -0.2) is 9.55 Å². The van der Waals surface area contributed by atoms with Crippen LogP contribution < -0.4 is 16.9 Å². The fraction of sp³-hybridized carbons (Fsp3) is 0.632. The van der Waals surface area contributed by atoms with E-state index >= 15 is 0 Å². The molecule has 2 saturated carbocycles. The summed E-state index contributed by atoms with van der Waals surface area (Å²) in [6, 6.07) is 1.40. The van der Waals surface area contributed by atoms with Crippen molar-refractivity contribution in [3.05, 3.63) is 42.9 Å². The highest BCUT2D eigenvalue weighted by Gasteiger charge is 2.26. The molecular formula is C19H24N2O4. The van der Waals surface area contributed by atoms with Crippen LogP contribution in [0, 0.1) is 11.8 Å². The molecule has 134 valence electrons. The number of aromatic nitrogens is 2. The predicted octanol–water partition coefficient (Wildman–Crippen LogP) is 2.74. The van der Waals surface area contributed by atoms with Gasteiger partial charge in [0.2, 0.25) is 5.71 Å². The summed E-state index contributed by atoms with van der Waals surface area (Å²) in [7, 11) is 0. The molecule has 1 N–H and O–H groups in total. The van der Waals surface area contributed by atoms with E-state index < -0.39 is 11.3 Å². The van der Waals surface area contributed by atoms with Crippen LogP contribution in [0.2, 0.25) is 0 Å². The van der Waals surface area contributed by atoms with Crippen molar-refractivity contribution in [2.75, 3.05) is 0 Å². The first-order valence-electron chi connectivity index (χ1n) is 9.34.